The number of carbonyl (C=O) groups is 1. The third kappa shape index (κ3) is 5.60. The lowest BCUT2D eigenvalue weighted by Crippen LogP contribution is -2.33. The summed E-state index contributed by atoms with van der Waals surface area (Å²) >= 11 is 0. The van der Waals surface area contributed by atoms with Gasteiger partial charge in [-0.15, -0.1) is 10.2 Å². The van der Waals surface area contributed by atoms with Crippen LogP contribution in [0.1, 0.15) is 36.7 Å². The Balaban J connectivity index is 1.76. The zero-order valence-corrected chi connectivity index (χ0v) is 17.2. The molecule has 3 aromatic rings. The highest BCUT2D eigenvalue weighted by Gasteiger charge is 2.17. The van der Waals surface area contributed by atoms with Crippen LogP contribution in [0.15, 0.2) is 60.9 Å². The number of benzene rings is 1. The summed E-state index contributed by atoms with van der Waals surface area (Å²) in [5.74, 6) is 1.14. The van der Waals surface area contributed by atoms with Crippen LogP contribution in [0.2, 0.25) is 0 Å². The van der Waals surface area contributed by atoms with Crippen molar-refractivity contribution in [3.63, 3.8) is 0 Å². The molecule has 29 heavy (non-hydrogen) atoms. The highest BCUT2D eigenvalue weighted by molar-refractivity contribution is 5.94. The van der Waals surface area contributed by atoms with Gasteiger partial charge in [0.25, 0.3) is 5.91 Å². The van der Waals surface area contributed by atoms with Gasteiger partial charge in [0.1, 0.15) is 5.82 Å². The van der Waals surface area contributed by atoms with E-state index >= 15 is 0 Å². The maximum Gasteiger partial charge on any atom is 0.254 e. The Hall–Kier alpha value is -3.28. The minimum absolute atomic E-state index is 0.0164. The number of anilines is 1. The number of hydrogen-bond donors (Lipinski definition) is 1. The van der Waals surface area contributed by atoms with Gasteiger partial charge in [-0.3, -0.25) is 9.78 Å². The van der Waals surface area contributed by atoms with Gasteiger partial charge in [-0.1, -0.05) is 32.0 Å². The molecule has 150 valence electrons. The van der Waals surface area contributed by atoms with E-state index in [0.717, 1.165) is 29.2 Å². The first-order valence-electron chi connectivity index (χ1n) is 9.93. The molecule has 0 fully saturated rings. The summed E-state index contributed by atoms with van der Waals surface area (Å²) in [7, 11) is 0. The normalized spacial score (nSPS) is 10.8. The number of amides is 1. The van der Waals surface area contributed by atoms with Gasteiger partial charge in [0, 0.05) is 43.2 Å². The van der Waals surface area contributed by atoms with E-state index in [0.29, 0.717) is 24.6 Å². The first kappa shape index (κ1) is 20.5. The molecule has 0 unspecified atom stereocenters. The molecule has 0 atom stereocenters. The van der Waals surface area contributed by atoms with E-state index in [-0.39, 0.29) is 5.91 Å². The van der Waals surface area contributed by atoms with Gasteiger partial charge in [0.2, 0.25) is 0 Å². The Morgan fingerprint density at radius 2 is 1.86 bits per heavy atom. The number of carbonyl (C=O) groups excluding carboxylic acids is 1. The molecule has 6 nitrogen and oxygen atoms in total. The van der Waals surface area contributed by atoms with E-state index in [4.69, 9.17) is 0 Å². The topological polar surface area (TPSA) is 71.0 Å². The van der Waals surface area contributed by atoms with Crippen LogP contribution in [0.5, 0.6) is 0 Å². The van der Waals surface area contributed by atoms with E-state index in [1.54, 1.807) is 12.4 Å². The van der Waals surface area contributed by atoms with Gasteiger partial charge < -0.3 is 10.2 Å². The highest BCUT2D eigenvalue weighted by atomic mass is 16.2. The molecule has 0 aliphatic rings. The minimum atomic E-state index is 0.0164. The monoisotopic (exact) mass is 389 g/mol. The first-order chi connectivity index (χ1) is 14.1. The van der Waals surface area contributed by atoms with Crippen LogP contribution in [0.25, 0.3) is 11.3 Å². The minimum Gasteiger partial charge on any atom is -0.369 e. The van der Waals surface area contributed by atoms with E-state index in [9.17, 15) is 4.79 Å². The van der Waals surface area contributed by atoms with Crippen molar-refractivity contribution in [1.29, 1.82) is 0 Å². The summed E-state index contributed by atoms with van der Waals surface area (Å²) in [5.41, 5.74) is 3.39. The van der Waals surface area contributed by atoms with Crippen molar-refractivity contribution in [2.45, 2.75) is 27.3 Å². The third-order valence-corrected chi connectivity index (χ3v) is 4.42. The second kappa shape index (κ2) is 9.78. The molecule has 0 saturated heterocycles. The molecule has 0 spiro atoms. The van der Waals surface area contributed by atoms with E-state index in [1.165, 1.54) is 0 Å². The summed E-state index contributed by atoms with van der Waals surface area (Å²) in [5, 5.41) is 11.6. The largest absolute Gasteiger partial charge is 0.369 e. The maximum absolute atomic E-state index is 13.1. The van der Waals surface area contributed by atoms with Crippen LogP contribution in [0, 0.1) is 5.92 Å². The predicted molar refractivity (Wildman–Crippen MR) is 115 cm³/mol. The van der Waals surface area contributed by atoms with Gasteiger partial charge in [-0.05, 0) is 48.7 Å². The van der Waals surface area contributed by atoms with Gasteiger partial charge in [-0.2, -0.15) is 0 Å². The van der Waals surface area contributed by atoms with Crippen molar-refractivity contribution in [3.8, 4) is 11.3 Å². The second-order valence-electron chi connectivity index (χ2n) is 7.35. The number of hydrogen-bond acceptors (Lipinski definition) is 5. The summed E-state index contributed by atoms with van der Waals surface area (Å²) in [6, 6.07) is 15.3. The summed E-state index contributed by atoms with van der Waals surface area (Å²) in [6.45, 7) is 8.28. The predicted octanol–water partition coefficient (Wildman–Crippen LogP) is 4.27. The van der Waals surface area contributed by atoms with Crippen LogP contribution in [-0.2, 0) is 6.54 Å². The van der Waals surface area contributed by atoms with Crippen molar-refractivity contribution in [2.24, 2.45) is 5.92 Å². The van der Waals surface area contributed by atoms with Crippen molar-refractivity contribution in [1.82, 2.24) is 20.1 Å². The number of rotatable bonds is 8. The van der Waals surface area contributed by atoms with E-state index in [1.807, 2.05) is 60.4 Å². The van der Waals surface area contributed by atoms with Crippen molar-refractivity contribution < 1.29 is 4.79 Å². The lowest BCUT2D eigenvalue weighted by molar-refractivity contribution is 0.0722. The zero-order valence-electron chi connectivity index (χ0n) is 17.2. The average molecular weight is 390 g/mol. The summed E-state index contributed by atoms with van der Waals surface area (Å²) < 4.78 is 0. The second-order valence-corrected chi connectivity index (χ2v) is 7.35. The fourth-order valence-corrected chi connectivity index (χ4v) is 3.10. The van der Waals surface area contributed by atoms with E-state index in [2.05, 4.69) is 34.3 Å². The maximum atomic E-state index is 13.1. The number of nitrogens with one attached hydrogen (secondary N) is 1. The summed E-state index contributed by atoms with van der Waals surface area (Å²) in [6.07, 6.45) is 3.55. The molecular weight excluding hydrogens is 362 g/mol. The molecule has 0 aliphatic heterocycles. The van der Waals surface area contributed by atoms with E-state index < -0.39 is 0 Å². The first-order valence-corrected chi connectivity index (χ1v) is 9.93. The standard InChI is InChI=1S/C23H27N5O/c1-4-25-22-12-11-21(26-27-22)19-7-9-20(10-8-19)23(29)28(15-17(2)3)16-18-6-5-13-24-14-18/h5-14,17H,4,15-16H2,1-3H3,(H,25,27). The van der Waals surface area contributed by atoms with Gasteiger partial charge in [-0.25, -0.2) is 0 Å². The summed E-state index contributed by atoms with van der Waals surface area (Å²) in [4.78, 5) is 19.2. The average Bonchev–Trinajstić information content (AvgIpc) is 2.74. The Bertz CT molecular complexity index is 908. The number of nitrogens with zero attached hydrogens (tertiary/aromatic N) is 4. The Morgan fingerprint density at radius 3 is 2.45 bits per heavy atom. The Kier molecular flexibility index (Phi) is 6.89. The fourth-order valence-electron chi connectivity index (χ4n) is 3.10. The van der Waals surface area contributed by atoms with Crippen LogP contribution < -0.4 is 5.32 Å². The molecule has 0 saturated carbocycles. The molecule has 3 rings (SSSR count). The third-order valence-electron chi connectivity index (χ3n) is 4.42. The van der Waals surface area contributed by atoms with Crippen LogP contribution in [0.3, 0.4) is 0 Å². The Morgan fingerprint density at radius 1 is 1.07 bits per heavy atom. The molecule has 2 aromatic heterocycles. The molecule has 2 heterocycles. The Labute approximate surface area is 172 Å². The highest BCUT2D eigenvalue weighted by Crippen LogP contribution is 2.19. The zero-order chi connectivity index (χ0) is 20.6. The van der Waals surface area contributed by atoms with Gasteiger partial charge in [0.05, 0.1) is 5.69 Å². The SMILES string of the molecule is CCNc1ccc(-c2ccc(C(=O)N(Cc3cccnc3)CC(C)C)cc2)nn1. The molecule has 1 amide bonds. The molecule has 6 heteroatoms. The molecular formula is C23H27N5O. The van der Waals surface area contributed by atoms with Crippen LogP contribution >= 0.6 is 0 Å². The van der Waals surface area contributed by atoms with Crippen molar-refractivity contribution in [2.75, 3.05) is 18.4 Å². The fraction of sp³-hybridized carbons (Fsp3) is 0.304. The van der Waals surface area contributed by atoms with Gasteiger partial charge in [0.15, 0.2) is 0 Å². The molecule has 1 N–H and O–H groups in total. The van der Waals surface area contributed by atoms with Crippen LogP contribution in [0.4, 0.5) is 5.82 Å². The lowest BCUT2D eigenvalue weighted by atomic mass is 10.1. The molecule has 0 bridgehead atoms. The quantitative estimate of drug-likeness (QED) is 0.623. The number of pyridine rings is 1. The van der Waals surface area contributed by atoms with Crippen molar-refractivity contribution >= 4 is 11.7 Å². The van der Waals surface area contributed by atoms with Gasteiger partial charge >= 0.3 is 0 Å². The molecule has 0 radical (unpaired) electrons. The molecule has 0 aliphatic carbocycles. The number of aromatic nitrogens is 3. The smallest absolute Gasteiger partial charge is 0.254 e. The van der Waals surface area contributed by atoms with Crippen LogP contribution in [-0.4, -0.2) is 39.1 Å². The van der Waals surface area contributed by atoms with Crippen molar-refractivity contribution in [3.05, 3.63) is 72.1 Å². The molecule has 1 aromatic carbocycles. The lowest BCUT2D eigenvalue weighted by Gasteiger charge is -2.25.